The van der Waals surface area contributed by atoms with Gasteiger partial charge in [0, 0.05) is 28.4 Å². The van der Waals surface area contributed by atoms with Crippen molar-refractivity contribution in [3.05, 3.63) is 47.3 Å². The fourth-order valence-electron chi connectivity index (χ4n) is 3.02. The first-order valence-corrected chi connectivity index (χ1v) is 8.62. The van der Waals surface area contributed by atoms with Gasteiger partial charge in [0.1, 0.15) is 5.75 Å². The third-order valence-electron chi connectivity index (χ3n) is 4.68. The predicted octanol–water partition coefficient (Wildman–Crippen LogP) is 5.49. The molecule has 0 spiro atoms. The summed E-state index contributed by atoms with van der Waals surface area (Å²) in [4.78, 5) is 4.94. The van der Waals surface area contributed by atoms with E-state index < -0.39 is 0 Å². The molecule has 1 aromatic carbocycles. The minimum Gasteiger partial charge on any atom is -0.496 e. The molecule has 0 saturated heterocycles. The van der Waals surface area contributed by atoms with E-state index in [1.807, 2.05) is 0 Å². The lowest BCUT2D eigenvalue weighted by molar-refractivity contribution is 0.416. The highest BCUT2D eigenvalue weighted by molar-refractivity contribution is 5.73. The Bertz CT molecular complexity index is 708. The number of ether oxygens (including phenoxy) is 1. The van der Waals surface area contributed by atoms with E-state index in [2.05, 4.69) is 58.0 Å². The zero-order valence-electron chi connectivity index (χ0n) is 14.9. The lowest BCUT2D eigenvalue weighted by Crippen LogP contribution is -2.11. The Morgan fingerprint density at radius 3 is 2.39 bits per heavy atom. The van der Waals surface area contributed by atoms with Gasteiger partial charge in [-0.2, -0.15) is 0 Å². The van der Waals surface area contributed by atoms with Crippen molar-refractivity contribution in [3.63, 3.8) is 0 Å². The Hall–Kier alpha value is -1.83. The molecule has 1 saturated carbocycles. The SMILES string of the molecule is CCc1nc(C2CC2)ccc1-c1cc(C(C)(C)C)ccc1OC. The molecule has 2 aromatic rings. The number of pyridine rings is 1. The summed E-state index contributed by atoms with van der Waals surface area (Å²) in [6.07, 6.45) is 3.52. The molecule has 2 heteroatoms. The maximum absolute atomic E-state index is 5.63. The van der Waals surface area contributed by atoms with Crippen LogP contribution >= 0.6 is 0 Å². The number of aromatic nitrogens is 1. The molecule has 2 nitrogen and oxygen atoms in total. The van der Waals surface area contributed by atoms with Gasteiger partial charge in [-0.3, -0.25) is 4.98 Å². The molecule has 0 N–H and O–H groups in total. The van der Waals surface area contributed by atoms with Gasteiger partial charge >= 0.3 is 0 Å². The van der Waals surface area contributed by atoms with Gasteiger partial charge < -0.3 is 4.74 Å². The van der Waals surface area contributed by atoms with Crippen molar-refractivity contribution in [2.45, 2.75) is 58.3 Å². The van der Waals surface area contributed by atoms with Crippen LogP contribution in [0, 0.1) is 0 Å². The molecule has 1 aliphatic rings. The van der Waals surface area contributed by atoms with Crippen molar-refractivity contribution >= 4 is 0 Å². The Morgan fingerprint density at radius 2 is 1.83 bits per heavy atom. The van der Waals surface area contributed by atoms with Crippen LogP contribution in [0.2, 0.25) is 0 Å². The molecular formula is C21H27NO. The molecule has 0 radical (unpaired) electrons. The van der Waals surface area contributed by atoms with Gasteiger partial charge in [0.05, 0.1) is 7.11 Å². The molecule has 0 unspecified atom stereocenters. The van der Waals surface area contributed by atoms with Gasteiger partial charge in [0.15, 0.2) is 0 Å². The van der Waals surface area contributed by atoms with Crippen LogP contribution in [0.3, 0.4) is 0 Å². The molecule has 0 bridgehead atoms. The van der Waals surface area contributed by atoms with Gasteiger partial charge in [-0.15, -0.1) is 0 Å². The van der Waals surface area contributed by atoms with E-state index in [1.165, 1.54) is 35.4 Å². The van der Waals surface area contributed by atoms with Crippen LogP contribution in [0.15, 0.2) is 30.3 Å². The van der Waals surface area contributed by atoms with Crippen molar-refractivity contribution in [2.75, 3.05) is 7.11 Å². The molecule has 0 aliphatic heterocycles. The molecule has 1 fully saturated rings. The number of hydrogen-bond donors (Lipinski definition) is 0. The van der Waals surface area contributed by atoms with E-state index in [-0.39, 0.29) is 5.41 Å². The normalized spacial score (nSPS) is 14.8. The summed E-state index contributed by atoms with van der Waals surface area (Å²) < 4.78 is 5.63. The summed E-state index contributed by atoms with van der Waals surface area (Å²) in [6, 6.07) is 11.0. The summed E-state index contributed by atoms with van der Waals surface area (Å²) >= 11 is 0. The molecule has 1 aliphatic carbocycles. The number of aryl methyl sites for hydroxylation is 1. The molecular weight excluding hydrogens is 282 g/mol. The molecule has 23 heavy (non-hydrogen) atoms. The second-order valence-electron chi connectivity index (χ2n) is 7.52. The molecule has 1 heterocycles. The van der Waals surface area contributed by atoms with Crippen LogP contribution in [0.25, 0.3) is 11.1 Å². The highest BCUT2D eigenvalue weighted by Crippen LogP contribution is 2.41. The molecule has 3 rings (SSSR count). The fraction of sp³-hybridized carbons (Fsp3) is 0.476. The smallest absolute Gasteiger partial charge is 0.126 e. The van der Waals surface area contributed by atoms with Crippen LogP contribution in [-0.2, 0) is 11.8 Å². The van der Waals surface area contributed by atoms with Gasteiger partial charge in [-0.05, 0) is 48.4 Å². The van der Waals surface area contributed by atoms with E-state index in [1.54, 1.807) is 7.11 Å². The van der Waals surface area contributed by atoms with Crippen molar-refractivity contribution in [1.29, 1.82) is 0 Å². The van der Waals surface area contributed by atoms with Crippen LogP contribution in [0.5, 0.6) is 5.75 Å². The Labute approximate surface area is 139 Å². The van der Waals surface area contributed by atoms with Crippen molar-refractivity contribution in [2.24, 2.45) is 0 Å². The first kappa shape index (κ1) is 16.0. The van der Waals surface area contributed by atoms with Crippen LogP contribution in [-0.4, -0.2) is 12.1 Å². The minimum atomic E-state index is 0.120. The van der Waals surface area contributed by atoms with Crippen molar-refractivity contribution < 1.29 is 4.74 Å². The second-order valence-corrected chi connectivity index (χ2v) is 7.52. The summed E-state index contributed by atoms with van der Waals surface area (Å²) in [5.74, 6) is 1.62. The number of benzene rings is 1. The standard InChI is InChI=1S/C21H27NO/c1-6-18-16(10-11-19(22-18)14-7-8-14)17-13-15(21(2,3)4)9-12-20(17)23-5/h9-14H,6-8H2,1-5H3. The fourth-order valence-corrected chi connectivity index (χ4v) is 3.02. The second kappa shape index (κ2) is 5.99. The molecule has 122 valence electrons. The topological polar surface area (TPSA) is 22.1 Å². The van der Waals surface area contributed by atoms with E-state index in [0.717, 1.165) is 17.7 Å². The van der Waals surface area contributed by atoms with Crippen LogP contribution in [0.4, 0.5) is 0 Å². The highest BCUT2D eigenvalue weighted by Gasteiger charge is 2.26. The van der Waals surface area contributed by atoms with E-state index in [0.29, 0.717) is 5.92 Å². The minimum absolute atomic E-state index is 0.120. The monoisotopic (exact) mass is 309 g/mol. The lowest BCUT2D eigenvalue weighted by atomic mass is 9.85. The molecule has 0 amide bonds. The third-order valence-corrected chi connectivity index (χ3v) is 4.68. The number of rotatable bonds is 4. The van der Waals surface area contributed by atoms with Crippen molar-refractivity contribution in [1.82, 2.24) is 4.98 Å². The third kappa shape index (κ3) is 3.26. The Morgan fingerprint density at radius 1 is 1.09 bits per heavy atom. The molecule has 1 aromatic heterocycles. The van der Waals surface area contributed by atoms with E-state index in [9.17, 15) is 0 Å². The number of hydrogen-bond acceptors (Lipinski definition) is 2. The number of nitrogens with zero attached hydrogens (tertiary/aromatic N) is 1. The largest absolute Gasteiger partial charge is 0.496 e. The summed E-state index contributed by atoms with van der Waals surface area (Å²) in [5, 5.41) is 0. The first-order chi connectivity index (χ1) is 10.9. The zero-order valence-corrected chi connectivity index (χ0v) is 14.9. The van der Waals surface area contributed by atoms with Gasteiger partial charge in [0.25, 0.3) is 0 Å². The average Bonchev–Trinajstić information content (AvgIpc) is 3.37. The van der Waals surface area contributed by atoms with Gasteiger partial charge in [-0.1, -0.05) is 39.8 Å². The highest BCUT2D eigenvalue weighted by atomic mass is 16.5. The summed E-state index contributed by atoms with van der Waals surface area (Å²) in [6.45, 7) is 8.91. The number of methoxy groups -OCH3 is 1. The lowest BCUT2D eigenvalue weighted by Gasteiger charge is -2.22. The first-order valence-electron chi connectivity index (χ1n) is 8.62. The van der Waals surface area contributed by atoms with E-state index in [4.69, 9.17) is 9.72 Å². The summed E-state index contributed by atoms with van der Waals surface area (Å²) in [5.41, 5.74) is 6.25. The maximum atomic E-state index is 5.63. The van der Waals surface area contributed by atoms with E-state index >= 15 is 0 Å². The average molecular weight is 309 g/mol. The molecule has 0 atom stereocenters. The zero-order chi connectivity index (χ0) is 16.6. The Balaban J connectivity index is 2.12. The van der Waals surface area contributed by atoms with Gasteiger partial charge in [0.2, 0.25) is 0 Å². The predicted molar refractivity (Wildman–Crippen MR) is 96.3 cm³/mol. The quantitative estimate of drug-likeness (QED) is 0.744. The van der Waals surface area contributed by atoms with Crippen LogP contribution < -0.4 is 4.74 Å². The summed E-state index contributed by atoms with van der Waals surface area (Å²) in [7, 11) is 1.74. The van der Waals surface area contributed by atoms with Gasteiger partial charge in [-0.25, -0.2) is 0 Å². The van der Waals surface area contributed by atoms with Crippen molar-refractivity contribution in [3.8, 4) is 16.9 Å². The van der Waals surface area contributed by atoms with Crippen LogP contribution in [0.1, 0.15) is 63.4 Å². The Kier molecular flexibility index (Phi) is 4.18. The maximum Gasteiger partial charge on any atom is 0.126 e.